The van der Waals surface area contributed by atoms with E-state index in [0.29, 0.717) is 35.4 Å². The maximum absolute atomic E-state index is 11.6. The first-order valence-corrected chi connectivity index (χ1v) is 8.54. The predicted molar refractivity (Wildman–Crippen MR) is 99.7 cm³/mol. The number of primary amides is 1. The van der Waals surface area contributed by atoms with Crippen molar-refractivity contribution in [2.45, 2.75) is 19.6 Å². The zero-order valence-electron chi connectivity index (χ0n) is 14.7. The Labute approximate surface area is 155 Å². The van der Waals surface area contributed by atoms with E-state index in [1.54, 1.807) is 19.1 Å². The number of allylic oxidation sites excluding steroid dienone is 2. The van der Waals surface area contributed by atoms with Crippen LogP contribution in [0.15, 0.2) is 59.3 Å². The minimum Gasteiger partial charge on any atom is -0.386 e. The fourth-order valence-electron chi connectivity index (χ4n) is 3.06. The zero-order chi connectivity index (χ0) is 18.8. The highest BCUT2D eigenvalue weighted by Crippen LogP contribution is 2.31. The van der Waals surface area contributed by atoms with Crippen molar-refractivity contribution in [3.8, 4) is 0 Å². The largest absolute Gasteiger partial charge is 0.386 e. The minimum absolute atomic E-state index is 0.263. The normalized spacial score (nSPS) is 20.3. The highest BCUT2D eigenvalue weighted by atomic mass is 16.6. The standard InChI is InChI=1S/C19H18N6O2/c1-11-22-18(24-19(23-11)21-10-12-6-3-2-4-7-12)15-13-8-5-9-14(17(20)26)16(13)27-25-15/h2-9,13,16H,10H2,1H3,(H2,20,26)(H,21,22,23,24). The van der Waals surface area contributed by atoms with Crippen molar-refractivity contribution in [2.24, 2.45) is 16.8 Å². The number of nitrogens with zero attached hydrogens (tertiary/aromatic N) is 4. The third-order valence-corrected chi connectivity index (χ3v) is 4.36. The molecule has 2 unspecified atom stereocenters. The highest BCUT2D eigenvalue weighted by molar-refractivity contribution is 6.04. The molecule has 0 fully saturated rings. The highest BCUT2D eigenvalue weighted by Gasteiger charge is 2.40. The van der Waals surface area contributed by atoms with Crippen molar-refractivity contribution < 1.29 is 9.63 Å². The molecule has 0 spiro atoms. The lowest BCUT2D eigenvalue weighted by molar-refractivity contribution is -0.116. The van der Waals surface area contributed by atoms with E-state index in [4.69, 9.17) is 10.6 Å². The van der Waals surface area contributed by atoms with Crippen molar-refractivity contribution in [3.63, 3.8) is 0 Å². The predicted octanol–water partition coefficient (Wildman–Crippen LogP) is 1.49. The number of nitrogens with two attached hydrogens (primary N) is 1. The van der Waals surface area contributed by atoms with E-state index in [9.17, 15) is 4.79 Å². The molecule has 136 valence electrons. The molecule has 1 aliphatic heterocycles. The number of amides is 1. The average Bonchev–Trinajstić information content (AvgIpc) is 3.11. The second-order valence-corrected chi connectivity index (χ2v) is 6.27. The molecule has 1 aliphatic carbocycles. The van der Waals surface area contributed by atoms with Crippen LogP contribution in [0.3, 0.4) is 0 Å². The second kappa shape index (κ2) is 6.99. The summed E-state index contributed by atoms with van der Waals surface area (Å²) in [6.45, 7) is 2.38. The van der Waals surface area contributed by atoms with Crippen LogP contribution in [0.4, 0.5) is 5.95 Å². The minimum atomic E-state index is -0.541. The van der Waals surface area contributed by atoms with Crippen LogP contribution in [-0.4, -0.2) is 32.7 Å². The Morgan fingerprint density at radius 3 is 2.81 bits per heavy atom. The molecular formula is C19H18N6O2. The fraction of sp³-hybridized carbons (Fsp3) is 0.211. The van der Waals surface area contributed by atoms with Gasteiger partial charge in [-0.25, -0.2) is 4.98 Å². The summed E-state index contributed by atoms with van der Waals surface area (Å²) in [6.07, 6.45) is 4.78. The quantitative estimate of drug-likeness (QED) is 0.833. The van der Waals surface area contributed by atoms with E-state index in [-0.39, 0.29) is 5.92 Å². The van der Waals surface area contributed by atoms with Crippen LogP contribution in [-0.2, 0) is 16.2 Å². The Balaban J connectivity index is 1.56. The fourth-order valence-corrected chi connectivity index (χ4v) is 3.06. The molecule has 0 radical (unpaired) electrons. The van der Waals surface area contributed by atoms with Crippen LogP contribution in [0, 0.1) is 12.8 Å². The number of aromatic nitrogens is 3. The Hall–Kier alpha value is -3.55. The van der Waals surface area contributed by atoms with Crippen LogP contribution >= 0.6 is 0 Å². The van der Waals surface area contributed by atoms with Crippen molar-refractivity contribution in [1.29, 1.82) is 0 Å². The van der Waals surface area contributed by atoms with Gasteiger partial charge in [0.1, 0.15) is 11.5 Å². The van der Waals surface area contributed by atoms with Gasteiger partial charge in [-0.15, -0.1) is 0 Å². The molecule has 4 rings (SSSR count). The van der Waals surface area contributed by atoms with Crippen molar-refractivity contribution >= 4 is 17.6 Å². The van der Waals surface area contributed by atoms with Gasteiger partial charge in [0.15, 0.2) is 11.9 Å². The average molecular weight is 362 g/mol. The number of hydrogen-bond donors (Lipinski definition) is 2. The number of oxime groups is 1. The number of carbonyl (C=O) groups is 1. The summed E-state index contributed by atoms with van der Waals surface area (Å²) in [6, 6.07) is 9.96. The van der Waals surface area contributed by atoms with Gasteiger partial charge < -0.3 is 15.9 Å². The molecule has 1 amide bonds. The Morgan fingerprint density at radius 1 is 1.22 bits per heavy atom. The lowest BCUT2D eigenvalue weighted by Crippen LogP contribution is -2.33. The van der Waals surface area contributed by atoms with Gasteiger partial charge in [-0.3, -0.25) is 4.79 Å². The summed E-state index contributed by atoms with van der Waals surface area (Å²) in [5, 5.41) is 7.32. The number of anilines is 1. The SMILES string of the molecule is Cc1nc(NCc2ccccc2)nc(C2=NOC3C(C(N)=O)=CC=CC23)n1. The van der Waals surface area contributed by atoms with E-state index in [1.807, 2.05) is 36.4 Å². The first-order chi connectivity index (χ1) is 13.1. The molecule has 0 saturated heterocycles. The summed E-state index contributed by atoms with van der Waals surface area (Å²) in [7, 11) is 0. The van der Waals surface area contributed by atoms with Crippen molar-refractivity contribution in [1.82, 2.24) is 15.0 Å². The van der Waals surface area contributed by atoms with Crippen molar-refractivity contribution in [3.05, 3.63) is 71.3 Å². The maximum Gasteiger partial charge on any atom is 0.248 e. The summed E-state index contributed by atoms with van der Waals surface area (Å²) >= 11 is 0. The topological polar surface area (TPSA) is 115 Å². The van der Waals surface area contributed by atoms with Gasteiger partial charge in [-0.1, -0.05) is 47.6 Å². The van der Waals surface area contributed by atoms with Gasteiger partial charge in [-0.2, -0.15) is 9.97 Å². The van der Waals surface area contributed by atoms with Gasteiger partial charge in [0.25, 0.3) is 0 Å². The van der Waals surface area contributed by atoms with Crippen LogP contribution in [0.5, 0.6) is 0 Å². The summed E-state index contributed by atoms with van der Waals surface area (Å²) in [5.74, 6) is 0.648. The van der Waals surface area contributed by atoms with E-state index in [1.165, 1.54) is 0 Å². The molecule has 2 aromatic rings. The molecule has 2 heterocycles. The van der Waals surface area contributed by atoms with Gasteiger partial charge in [0.2, 0.25) is 11.9 Å². The molecule has 27 heavy (non-hydrogen) atoms. The molecule has 1 aromatic carbocycles. The molecule has 0 saturated carbocycles. The lowest BCUT2D eigenvalue weighted by Gasteiger charge is -2.19. The Bertz CT molecular complexity index is 967. The molecule has 2 atom stereocenters. The number of benzene rings is 1. The number of fused-ring (bicyclic) bond motifs is 1. The zero-order valence-corrected chi connectivity index (χ0v) is 14.7. The van der Waals surface area contributed by atoms with Gasteiger partial charge >= 0.3 is 0 Å². The van der Waals surface area contributed by atoms with E-state index >= 15 is 0 Å². The molecule has 2 aliphatic rings. The third kappa shape index (κ3) is 3.41. The van der Waals surface area contributed by atoms with Crippen LogP contribution in [0.1, 0.15) is 17.2 Å². The number of aryl methyl sites for hydroxylation is 1. The van der Waals surface area contributed by atoms with Gasteiger partial charge in [-0.05, 0) is 18.6 Å². The number of rotatable bonds is 5. The molecule has 8 nitrogen and oxygen atoms in total. The lowest BCUT2D eigenvalue weighted by atomic mass is 9.87. The monoisotopic (exact) mass is 362 g/mol. The molecule has 3 N–H and O–H groups in total. The smallest absolute Gasteiger partial charge is 0.248 e. The summed E-state index contributed by atoms with van der Waals surface area (Å²) in [5.41, 5.74) is 7.48. The van der Waals surface area contributed by atoms with Gasteiger partial charge in [0.05, 0.1) is 11.5 Å². The molecule has 8 heteroatoms. The first-order valence-electron chi connectivity index (χ1n) is 8.54. The number of nitrogens with one attached hydrogen (secondary N) is 1. The Kier molecular flexibility index (Phi) is 4.37. The Morgan fingerprint density at radius 2 is 2.04 bits per heavy atom. The van der Waals surface area contributed by atoms with E-state index in [2.05, 4.69) is 25.4 Å². The third-order valence-electron chi connectivity index (χ3n) is 4.36. The molecular weight excluding hydrogens is 344 g/mol. The van der Waals surface area contributed by atoms with Crippen molar-refractivity contribution in [2.75, 3.05) is 5.32 Å². The van der Waals surface area contributed by atoms with Crippen LogP contribution in [0.2, 0.25) is 0 Å². The van der Waals surface area contributed by atoms with Crippen LogP contribution < -0.4 is 11.1 Å². The number of carbonyl (C=O) groups excluding carboxylic acids is 1. The first kappa shape index (κ1) is 16.9. The summed E-state index contributed by atoms with van der Waals surface area (Å²) in [4.78, 5) is 30.3. The maximum atomic E-state index is 11.6. The molecule has 0 bridgehead atoms. The van der Waals surface area contributed by atoms with E-state index in [0.717, 1.165) is 5.56 Å². The summed E-state index contributed by atoms with van der Waals surface area (Å²) < 4.78 is 0. The van der Waals surface area contributed by atoms with Crippen LogP contribution in [0.25, 0.3) is 0 Å². The number of hydrogen-bond acceptors (Lipinski definition) is 7. The van der Waals surface area contributed by atoms with E-state index < -0.39 is 12.0 Å². The van der Waals surface area contributed by atoms with Gasteiger partial charge in [0, 0.05) is 6.54 Å². The molecule has 1 aromatic heterocycles. The second-order valence-electron chi connectivity index (χ2n) is 6.27.